The molecule has 0 bridgehead atoms. The maximum absolute atomic E-state index is 11.9. The van der Waals surface area contributed by atoms with E-state index in [2.05, 4.69) is 22.1 Å². The molecule has 0 radical (unpaired) electrons. The van der Waals surface area contributed by atoms with Crippen LogP contribution in [0.1, 0.15) is 38.5 Å². The van der Waals surface area contributed by atoms with Crippen LogP contribution in [0, 0.1) is 16.0 Å². The molecule has 1 saturated carbocycles. The summed E-state index contributed by atoms with van der Waals surface area (Å²) in [5.74, 6) is 0.202. The standard InChI is InChI=1S/C14H25N3O5/c1-16-8-6-13(7-9-16)22-14(18)15-12-4-2-11(3-5-12)10-21-17(19)20/h11-13H,2-10H2,1H3,(H,15,18)/t11-,12+. The van der Waals surface area contributed by atoms with Gasteiger partial charge in [-0.1, -0.05) is 0 Å². The van der Waals surface area contributed by atoms with Crippen LogP contribution < -0.4 is 5.32 Å². The molecule has 126 valence electrons. The minimum Gasteiger partial charge on any atom is -0.446 e. The number of nitrogens with zero attached hydrogens (tertiary/aromatic N) is 2. The first kappa shape index (κ1) is 16.8. The molecule has 0 aromatic rings. The maximum Gasteiger partial charge on any atom is 0.407 e. The van der Waals surface area contributed by atoms with E-state index in [-0.39, 0.29) is 30.8 Å². The molecule has 2 fully saturated rings. The molecule has 0 spiro atoms. The number of carbonyl (C=O) groups is 1. The number of hydrogen-bond acceptors (Lipinski definition) is 6. The van der Waals surface area contributed by atoms with Gasteiger partial charge < -0.3 is 19.8 Å². The number of amides is 1. The van der Waals surface area contributed by atoms with Crippen molar-refractivity contribution in [2.45, 2.75) is 50.7 Å². The van der Waals surface area contributed by atoms with Crippen LogP contribution in [0.4, 0.5) is 4.79 Å². The van der Waals surface area contributed by atoms with E-state index in [1.807, 2.05) is 0 Å². The summed E-state index contributed by atoms with van der Waals surface area (Å²) in [6, 6.07) is 0.102. The summed E-state index contributed by atoms with van der Waals surface area (Å²) in [6.07, 6.45) is 4.73. The van der Waals surface area contributed by atoms with Crippen molar-refractivity contribution in [3.05, 3.63) is 10.1 Å². The number of nitrogens with one attached hydrogen (secondary N) is 1. The van der Waals surface area contributed by atoms with E-state index < -0.39 is 5.09 Å². The first-order valence-corrected chi connectivity index (χ1v) is 7.96. The Labute approximate surface area is 130 Å². The van der Waals surface area contributed by atoms with Crippen molar-refractivity contribution in [3.63, 3.8) is 0 Å². The van der Waals surface area contributed by atoms with Crippen molar-refractivity contribution < 1.29 is 19.5 Å². The van der Waals surface area contributed by atoms with Crippen molar-refractivity contribution in [2.24, 2.45) is 5.92 Å². The quantitative estimate of drug-likeness (QED) is 0.611. The average molecular weight is 315 g/mol. The zero-order valence-corrected chi connectivity index (χ0v) is 13.0. The van der Waals surface area contributed by atoms with Crippen LogP contribution in [0.3, 0.4) is 0 Å². The van der Waals surface area contributed by atoms with Gasteiger partial charge in [0, 0.05) is 19.1 Å². The normalized spacial score (nSPS) is 27.1. The third kappa shape index (κ3) is 5.67. The van der Waals surface area contributed by atoms with Crippen LogP contribution in [0.5, 0.6) is 0 Å². The van der Waals surface area contributed by atoms with Crippen LogP contribution in [-0.2, 0) is 9.57 Å². The van der Waals surface area contributed by atoms with Gasteiger partial charge in [-0.15, -0.1) is 10.1 Å². The van der Waals surface area contributed by atoms with Gasteiger partial charge in [-0.05, 0) is 51.5 Å². The molecule has 2 aliphatic rings. The number of piperidine rings is 1. The van der Waals surface area contributed by atoms with E-state index in [0.717, 1.165) is 51.6 Å². The van der Waals surface area contributed by atoms with Gasteiger partial charge >= 0.3 is 6.09 Å². The second-order valence-electron chi connectivity index (χ2n) is 6.29. The van der Waals surface area contributed by atoms with Gasteiger partial charge in [-0.3, -0.25) is 0 Å². The van der Waals surface area contributed by atoms with E-state index in [1.54, 1.807) is 0 Å². The van der Waals surface area contributed by atoms with Gasteiger partial charge in [0.1, 0.15) is 6.10 Å². The number of hydrogen-bond donors (Lipinski definition) is 1. The zero-order chi connectivity index (χ0) is 15.9. The van der Waals surface area contributed by atoms with Crippen LogP contribution in [0.15, 0.2) is 0 Å². The van der Waals surface area contributed by atoms with Crippen molar-refractivity contribution in [1.29, 1.82) is 0 Å². The highest BCUT2D eigenvalue weighted by Gasteiger charge is 2.25. The first-order chi connectivity index (χ1) is 10.5. The van der Waals surface area contributed by atoms with Crippen LogP contribution in [-0.4, -0.2) is 55.0 Å². The monoisotopic (exact) mass is 315 g/mol. The van der Waals surface area contributed by atoms with Gasteiger partial charge in [0.05, 0.1) is 6.61 Å². The van der Waals surface area contributed by atoms with Crippen molar-refractivity contribution >= 4 is 6.09 Å². The Morgan fingerprint density at radius 2 is 1.86 bits per heavy atom. The zero-order valence-electron chi connectivity index (χ0n) is 13.0. The number of carbonyl (C=O) groups excluding carboxylic acids is 1. The molecule has 0 aromatic carbocycles. The van der Waals surface area contributed by atoms with E-state index in [1.165, 1.54) is 0 Å². The molecular formula is C14H25N3O5. The summed E-state index contributed by atoms with van der Waals surface area (Å²) >= 11 is 0. The molecule has 8 nitrogen and oxygen atoms in total. The number of alkyl carbamates (subject to hydrolysis) is 1. The molecule has 1 amide bonds. The van der Waals surface area contributed by atoms with E-state index in [9.17, 15) is 14.9 Å². The Hall–Kier alpha value is -1.57. The molecule has 1 aliphatic carbocycles. The lowest BCUT2D eigenvalue weighted by atomic mass is 9.87. The molecule has 2 rings (SSSR count). The summed E-state index contributed by atoms with van der Waals surface area (Å²) in [5, 5.41) is 12.3. The molecule has 1 N–H and O–H groups in total. The molecular weight excluding hydrogens is 290 g/mol. The average Bonchev–Trinajstić information content (AvgIpc) is 2.49. The molecule has 1 heterocycles. The van der Waals surface area contributed by atoms with Gasteiger partial charge in [0.2, 0.25) is 0 Å². The highest BCUT2D eigenvalue weighted by atomic mass is 16.9. The Kier molecular flexibility index (Phi) is 6.23. The second-order valence-corrected chi connectivity index (χ2v) is 6.29. The molecule has 1 aliphatic heterocycles. The van der Waals surface area contributed by atoms with E-state index in [4.69, 9.17) is 4.74 Å². The van der Waals surface area contributed by atoms with Crippen LogP contribution >= 0.6 is 0 Å². The smallest absolute Gasteiger partial charge is 0.407 e. The number of ether oxygens (including phenoxy) is 1. The fraction of sp³-hybridized carbons (Fsp3) is 0.929. The predicted molar refractivity (Wildman–Crippen MR) is 78.8 cm³/mol. The Bertz CT molecular complexity index is 377. The number of likely N-dealkylation sites (tertiary alicyclic amines) is 1. The lowest BCUT2D eigenvalue weighted by molar-refractivity contribution is -0.759. The minimum absolute atomic E-state index is 0.0148. The Morgan fingerprint density at radius 3 is 2.45 bits per heavy atom. The topological polar surface area (TPSA) is 93.9 Å². The molecule has 0 aromatic heterocycles. The Balaban J connectivity index is 1.61. The first-order valence-electron chi connectivity index (χ1n) is 7.96. The van der Waals surface area contributed by atoms with Crippen molar-refractivity contribution in [1.82, 2.24) is 10.2 Å². The van der Waals surface area contributed by atoms with Crippen molar-refractivity contribution in [3.8, 4) is 0 Å². The highest BCUT2D eigenvalue weighted by molar-refractivity contribution is 5.67. The largest absolute Gasteiger partial charge is 0.446 e. The Morgan fingerprint density at radius 1 is 1.23 bits per heavy atom. The van der Waals surface area contributed by atoms with Crippen molar-refractivity contribution in [2.75, 3.05) is 26.7 Å². The molecule has 1 saturated heterocycles. The van der Waals surface area contributed by atoms with Crippen LogP contribution in [0.25, 0.3) is 0 Å². The predicted octanol–water partition coefficient (Wildman–Crippen LogP) is 1.57. The second kappa shape index (κ2) is 8.17. The minimum atomic E-state index is -0.747. The van der Waals surface area contributed by atoms with Crippen LogP contribution in [0.2, 0.25) is 0 Å². The summed E-state index contributed by atoms with van der Waals surface area (Å²) < 4.78 is 5.46. The van der Waals surface area contributed by atoms with E-state index >= 15 is 0 Å². The maximum atomic E-state index is 11.9. The van der Waals surface area contributed by atoms with Gasteiger partial charge in [0.25, 0.3) is 5.09 Å². The van der Waals surface area contributed by atoms with Gasteiger partial charge in [-0.2, -0.15) is 0 Å². The number of rotatable bonds is 5. The summed E-state index contributed by atoms with van der Waals surface area (Å²) in [6.45, 7) is 2.07. The molecule has 0 unspecified atom stereocenters. The summed E-state index contributed by atoms with van der Waals surface area (Å²) in [4.78, 5) is 28.7. The van der Waals surface area contributed by atoms with E-state index in [0.29, 0.717) is 0 Å². The van der Waals surface area contributed by atoms with Gasteiger partial charge in [-0.25, -0.2) is 4.79 Å². The lowest BCUT2D eigenvalue weighted by Crippen LogP contribution is -2.42. The third-order valence-electron chi connectivity index (χ3n) is 4.52. The SMILES string of the molecule is CN1CCC(OC(=O)N[C@H]2CC[C@@H](CO[N+](=O)[O-])CC2)CC1. The fourth-order valence-corrected chi connectivity index (χ4v) is 3.09. The highest BCUT2D eigenvalue weighted by Crippen LogP contribution is 2.24. The van der Waals surface area contributed by atoms with Gasteiger partial charge in [0.15, 0.2) is 0 Å². The summed E-state index contributed by atoms with van der Waals surface area (Å²) in [5.41, 5.74) is 0. The molecule has 8 heteroatoms. The molecule has 22 heavy (non-hydrogen) atoms. The molecule has 0 atom stereocenters. The summed E-state index contributed by atoms with van der Waals surface area (Å²) in [7, 11) is 2.07. The third-order valence-corrected chi connectivity index (χ3v) is 4.52. The fourth-order valence-electron chi connectivity index (χ4n) is 3.09. The lowest BCUT2D eigenvalue weighted by Gasteiger charge is -2.31.